The molecule has 0 bridgehead atoms. The maximum atomic E-state index is 13.0. The average molecular weight is 289 g/mol. The van der Waals surface area contributed by atoms with E-state index in [-0.39, 0.29) is 18.0 Å². The number of likely N-dealkylation sites (N-methyl/N-ethyl adjacent to an activating group) is 1. The molecular formula is C17H27N3O. The minimum Gasteiger partial charge on any atom is -0.341 e. The number of benzene rings is 1. The monoisotopic (exact) mass is 289 g/mol. The highest BCUT2D eigenvalue weighted by molar-refractivity contribution is 5.83. The van der Waals surface area contributed by atoms with Gasteiger partial charge in [-0.05, 0) is 31.5 Å². The zero-order chi connectivity index (χ0) is 15.2. The lowest BCUT2D eigenvalue weighted by Gasteiger charge is -2.36. The number of piperidine rings is 1. The molecule has 0 aromatic heterocycles. The van der Waals surface area contributed by atoms with Gasteiger partial charge in [0.15, 0.2) is 0 Å². The van der Waals surface area contributed by atoms with Gasteiger partial charge in [0.05, 0.1) is 0 Å². The van der Waals surface area contributed by atoms with Crippen LogP contribution in [0.4, 0.5) is 0 Å². The fourth-order valence-electron chi connectivity index (χ4n) is 3.03. The third kappa shape index (κ3) is 3.83. The van der Waals surface area contributed by atoms with Gasteiger partial charge in [-0.3, -0.25) is 9.69 Å². The first-order valence-corrected chi connectivity index (χ1v) is 8.00. The van der Waals surface area contributed by atoms with Gasteiger partial charge in [-0.2, -0.15) is 0 Å². The molecule has 0 radical (unpaired) electrons. The molecule has 1 saturated heterocycles. The maximum absolute atomic E-state index is 13.0. The number of hydrogen-bond donors (Lipinski definition) is 1. The third-order valence-electron chi connectivity index (χ3n) is 4.38. The minimum atomic E-state index is -0.171. The Labute approximate surface area is 127 Å². The molecule has 4 nitrogen and oxygen atoms in total. The standard InChI is InChI=1S/C17H27N3O/c1-3-19(4-2)16(14-8-6-5-7-9-14)17(21)20-12-10-15(18)11-13-20/h5-9,15-16H,3-4,10-13,18H2,1-2H3. The van der Waals surface area contributed by atoms with E-state index in [1.807, 2.05) is 23.1 Å². The molecule has 0 spiro atoms. The summed E-state index contributed by atoms with van der Waals surface area (Å²) in [7, 11) is 0. The molecule has 1 aromatic carbocycles. The predicted octanol–water partition coefficient (Wildman–Crippen LogP) is 2.02. The highest BCUT2D eigenvalue weighted by Gasteiger charge is 2.31. The van der Waals surface area contributed by atoms with Gasteiger partial charge in [-0.1, -0.05) is 44.2 Å². The maximum Gasteiger partial charge on any atom is 0.244 e. The smallest absolute Gasteiger partial charge is 0.244 e. The Morgan fingerprint density at radius 2 is 1.81 bits per heavy atom. The number of rotatable bonds is 5. The molecule has 4 heteroatoms. The van der Waals surface area contributed by atoms with Crippen LogP contribution < -0.4 is 5.73 Å². The molecule has 1 atom stereocenters. The van der Waals surface area contributed by atoms with Crippen LogP contribution >= 0.6 is 0 Å². The summed E-state index contributed by atoms with van der Waals surface area (Å²) in [5.74, 6) is 0.219. The number of carbonyl (C=O) groups is 1. The fraction of sp³-hybridized carbons (Fsp3) is 0.588. The number of likely N-dealkylation sites (tertiary alicyclic amines) is 1. The molecule has 1 amide bonds. The molecule has 1 fully saturated rings. The van der Waals surface area contributed by atoms with E-state index in [4.69, 9.17) is 5.73 Å². The Hall–Kier alpha value is -1.39. The van der Waals surface area contributed by atoms with E-state index in [1.54, 1.807) is 0 Å². The second kappa shape index (κ2) is 7.57. The Kier molecular flexibility index (Phi) is 5.76. The lowest BCUT2D eigenvalue weighted by molar-refractivity contribution is -0.138. The lowest BCUT2D eigenvalue weighted by atomic mass is 10.0. The van der Waals surface area contributed by atoms with E-state index in [9.17, 15) is 4.79 Å². The highest BCUT2D eigenvalue weighted by Crippen LogP contribution is 2.24. The van der Waals surface area contributed by atoms with Crippen molar-refractivity contribution < 1.29 is 4.79 Å². The quantitative estimate of drug-likeness (QED) is 0.902. The van der Waals surface area contributed by atoms with E-state index in [0.717, 1.165) is 44.6 Å². The molecule has 1 aliphatic rings. The Bertz CT molecular complexity index is 437. The van der Waals surface area contributed by atoms with Gasteiger partial charge in [-0.25, -0.2) is 0 Å². The number of carbonyl (C=O) groups excluding carboxylic acids is 1. The fourth-order valence-corrected chi connectivity index (χ4v) is 3.03. The zero-order valence-electron chi connectivity index (χ0n) is 13.2. The molecule has 1 heterocycles. The largest absolute Gasteiger partial charge is 0.341 e. The SMILES string of the molecule is CCN(CC)C(C(=O)N1CCC(N)CC1)c1ccccc1. The summed E-state index contributed by atoms with van der Waals surface area (Å²) < 4.78 is 0. The van der Waals surface area contributed by atoms with Gasteiger partial charge >= 0.3 is 0 Å². The van der Waals surface area contributed by atoms with Crippen LogP contribution in [0.15, 0.2) is 30.3 Å². The molecule has 2 N–H and O–H groups in total. The van der Waals surface area contributed by atoms with Crippen molar-refractivity contribution in [2.75, 3.05) is 26.2 Å². The van der Waals surface area contributed by atoms with Crippen molar-refractivity contribution >= 4 is 5.91 Å². The Morgan fingerprint density at radius 1 is 1.24 bits per heavy atom. The lowest BCUT2D eigenvalue weighted by Crippen LogP contribution is -2.48. The van der Waals surface area contributed by atoms with Crippen molar-refractivity contribution in [1.82, 2.24) is 9.80 Å². The van der Waals surface area contributed by atoms with Gasteiger partial charge in [0, 0.05) is 19.1 Å². The summed E-state index contributed by atoms with van der Waals surface area (Å²) >= 11 is 0. The summed E-state index contributed by atoms with van der Waals surface area (Å²) in [5.41, 5.74) is 7.03. The van der Waals surface area contributed by atoms with E-state index < -0.39 is 0 Å². The van der Waals surface area contributed by atoms with E-state index in [2.05, 4.69) is 30.9 Å². The normalized spacial score (nSPS) is 18.0. The van der Waals surface area contributed by atoms with Crippen LogP contribution in [0.25, 0.3) is 0 Å². The van der Waals surface area contributed by atoms with Crippen molar-refractivity contribution in [3.8, 4) is 0 Å². The van der Waals surface area contributed by atoms with E-state index >= 15 is 0 Å². The number of nitrogens with zero attached hydrogens (tertiary/aromatic N) is 2. The first-order chi connectivity index (χ1) is 10.2. The molecule has 21 heavy (non-hydrogen) atoms. The van der Waals surface area contributed by atoms with Crippen LogP contribution in [-0.2, 0) is 4.79 Å². The first kappa shape index (κ1) is 16.0. The van der Waals surface area contributed by atoms with Crippen LogP contribution in [0.2, 0.25) is 0 Å². The Morgan fingerprint density at radius 3 is 2.33 bits per heavy atom. The van der Waals surface area contributed by atoms with Gasteiger partial charge in [0.1, 0.15) is 6.04 Å². The van der Waals surface area contributed by atoms with Crippen molar-refractivity contribution in [3.63, 3.8) is 0 Å². The third-order valence-corrected chi connectivity index (χ3v) is 4.38. The predicted molar refractivity (Wildman–Crippen MR) is 85.9 cm³/mol. The van der Waals surface area contributed by atoms with Crippen LogP contribution in [0.3, 0.4) is 0 Å². The Balaban J connectivity index is 2.20. The van der Waals surface area contributed by atoms with E-state index in [0.29, 0.717) is 0 Å². The summed E-state index contributed by atoms with van der Waals surface area (Å²) in [5, 5.41) is 0. The van der Waals surface area contributed by atoms with E-state index in [1.165, 1.54) is 0 Å². The molecular weight excluding hydrogens is 262 g/mol. The molecule has 0 aliphatic carbocycles. The van der Waals surface area contributed by atoms with Crippen molar-refractivity contribution in [2.24, 2.45) is 5.73 Å². The molecule has 116 valence electrons. The summed E-state index contributed by atoms with van der Waals surface area (Å²) in [6, 6.07) is 10.2. The van der Waals surface area contributed by atoms with Crippen LogP contribution in [0.5, 0.6) is 0 Å². The first-order valence-electron chi connectivity index (χ1n) is 8.00. The van der Waals surface area contributed by atoms with Crippen molar-refractivity contribution in [2.45, 2.75) is 38.8 Å². The second-order valence-electron chi connectivity index (χ2n) is 5.70. The van der Waals surface area contributed by atoms with Gasteiger partial charge < -0.3 is 10.6 Å². The second-order valence-corrected chi connectivity index (χ2v) is 5.70. The van der Waals surface area contributed by atoms with Gasteiger partial charge in [-0.15, -0.1) is 0 Å². The van der Waals surface area contributed by atoms with Crippen LogP contribution in [0, 0.1) is 0 Å². The van der Waals surface area contributed by atoms with Crippen LogP contribution in [0.1, 0.15) is 38.3 Å². The van der Waals surface area contributed by atoms with Crippen molar-refractivity contribution in [3.05, 3.63) is 35.9 Å². The average Bonchev–Trinajstić information content (AvgIpc) is 2.53. The van der Waals surface area contributed by atoms with Gasteiger partial charge in [0.2, 0.25) is 5.91 Å². The summed E-state index contributed by atoms with van der Waals surface area (Å²) in [6.45, 7) is 7.52. The molecule has 2 rings (SSSR count). The van der Waals surface area contributed by atoms with Crippen LogP contribution in [-0.4, -0.2) is 47.9 Å². The highest BCUT2D eigenvalue weighted by atomic mass is 16.2. The van der Waals surface area contributed by atoms with Gasteiger partial charge in [0.25, 0.3) is 0 Å². The summed E-state index contributed by atoms with van der Waals surface area (Å²) in [4.78, 5) is 17.2. The number of nitrogens with two attached hydrogens (primary N) is 1. The minimum absolute atomic E-state index is 0.171. The summed E-state index contributed by atoms with van der Waals surface area (Å²) in [6.07, 6.45) is 1.82. The number of amides is 1. The molecule has 1 unspecified atom stereocenters. The molecule has 1 aliphatic heterocycles. The molecule has 1 aromatic rings. The number of hydrogen-bond acceptors (Lipinski definition) is 3. The topological polar surface area (TPSA) is 49.6 Å². The molecule has 0 saturated carbocycles. The zero-order valence-corrected chi connectivity index (χ0v) is 13.2. The van der Waals surface area contributed by atoms with Crippen molar-refractivity contribution in [1.29, 1.82) is 0 Å².